The number of hydrogen-bond donors (Lipinski definition) is 3. The third kappa shape index (κ3) is 5.34. The second-order valence-corrected chi connectivity index (χ2v) is 9.78. The first kappa shape index (κ1) is 21.7. The first-order valence-corrected chi connectivity index (χ1v) is 11.8. The minimum absolute atomic E-state index is 0.160. The highest BCUT2D eigenvalue weighted by Crippen LogP contribution is 2.36. The van der Waals surface area contributed by atoms with E-state index >= 15 is 0 Å². The van der Waals surface area contributed by atoms with E-state index in [1.807, 2.05) is 10.8 Å². The molecular formula is C18H29N5O5S. The summed E-state index contributed by atoms with van der Waals surface area (Å²) >= 11 is 0. The monoisotopic (exact) mass is 427 g/mol. The number of carboxylic acids is 1. The fourth-order valence-electron chi connectivity index (χ4n) is 4.44. The molecule has 11 heteroatoms. The topological polar surface area (TPSA) is 134 Å². The molecule has 2 fully saturated rings. The van der Waals surface area contributed by atoms with Crippen molar-refractivity contribution in [1.82, 2.24) is 19.2 Å². The fraction of sp³-hybridized carbons (Fsp3) is 0.722. The highest BCUT2D eigenvalue weighted by Gasteiger charge is 2.34. The molecule has 3 N–H and O–H groups in total. The Morgan fingerprint density at radius 2 is 1.97 bits per heavy atom. The number of imidazole rings is 1. The average molecular weight is 428 g/mol. The van der Waals surface area contributed by atoms with Crippen molar-refractivity contribution in [1.29, 1.82) is 0 Å². The molecule has 162 valence electrons. The minimum atomic E-state index is -3.59. The third-order valence-electron chi connectivity index (χ3n) is 5.88. The zero-order chi connectivity index (χ0) is 21.0. The number of aromatic nitrogens is 2. The summed E-state index contributed by atoms with van der Waals surface area (Å²) < 4.78 is 27.2. The molecule has 29 heavy (non-hydrogen) atoms. The highest BCUT2D eigenvalue weighted by molar-refractivity contribution is 7.88. The molecule has 1 aromatic rings. The Balaban J connectivity index is 1.71. The smallest absolute Gasteiger partial charge is 0.318 e. The molecule has 1 saturated carbocycles. The number of carbonyl (C=O) groups is 2. The number of nitrogens with one attached hydrogen (secondary N) is 2. The summed E-state index contributed by atoms with van der Waals surface area (Å²) in [5, 5.41) is 15.1. The number of aliphatic carboxylic acids is 1. The van der Waals surface area contributed by atoms with Crippen LogP contribution in [0.5, 0.6) is 0 Å². The van der Waals surface area contributed by atoms with Gasteiger partial charge in [-0.2, -0.15) is 4.31 Å². The Kier molecular flexibility index (Phi) is 6.91. The van der Waals surface area contributed by atoms with Crippen LogP contribution in [0.4, 0.5) is 5.95 Å². The summed E-state index contributed by atoms with van der Waals surface area (Å²) in [6.07, 6.45) is 8.25. The summed E-state index contributed by atoms with van der Waals surface area (Å²) in [6, 6.07) is -0.0241. The van der Waals surface area contributed by atoms with E-state index in [4.69, 9.17) is 5.11 Å². The zero-order valence-corrected chi connectivity index (χ0v) is 17.4. The molecule has 0 bridgehead atoms. The molecule has 0 spiro atoms. The number of rotatable bonds is 8. The number of hydrogen-bond acceptors (Lipinski definition) is 6. The van der Waals surface area contributed by atoms with Crippen LogP contribution in [-0.2, 0) is 19.6 Å². The van der Waals surface area contributed by atoms with Gasteiger partial charge in [-0.25, -0.2) is 13.4 Å². The first-order valence-electron chi connectivity index (χ1n) is 9.98. The van der Waals surface area contributed by atoms with Gasteiger partial charge in [0.15, 0.2) is 0 Å². The summed E-state index contributed by atoms with van der Waals surface area (Å²) in [5.74, 6) is -0.442. The lowest BCUT2D eigenvalue weighted by molar-refractivity contribution is -0.137. The van der Waals surface area contributed by atoms with E-state index in [-0.39, 0.29) is 18.0 Å². The van der Waals surface area contributed by atoms with Crippen LogP contribution in [-0.4, -0.2) is 71.7 Å². The van der Waals surface area contributed by atoms with E-state index in [1.54, 1.807) is 0 Å². The Labute approximate surface area is 170 Å². The standard InChI is InChI=1S/C18H29N5O5S/c1-29(27,28)23(11-17(25)26)15-4-2-13(3-5-15)16-10-22(18(21-16)20-12-24)14-6-8-19-9-7-14/h10,12-15,19H,2-9,11H2,1H3,(H,25,26)(H,20,21,24). The van der Waals surface area contributed by atoms with E-state index in [0.29, 0.717) is 25.2 Å². The molecule has 1 aromatic heterocycles. The minimum Gasteiger partial charge on any atom is -0.480 e. The summed E-state index contributed by atoms with van der Waals surface area (Å²) in [7, 11) is -3.59. The van der Waals surface area contributed by atoms with E-state index in [0.717, 1.165) is 55.0 Å². The number of nitrogens with zero attached hydrogens (tertiary/aromatic N) is 3. The van der Waals surface area contributed by atoms with Gasteiger partial charge in [-0.3, -0.25) is 14.9 Å². The Morgan fingerprint density at radius 1 is 1.31 bits per heavy atom. The van der Waals surface area contributed by atoms with Crippen molar-refractivity contribution in [3.8, 4) is 0 Å². The molecule has 0 unspecified atom stereocenters. The SMILES string of the molecule is CS(=O)(=O)N(CC(=O)O)C1CCC(c2cn(C3CCNCC3)c(NC=O)n2)CC1. The van der Waals surface area contributed by atoms with Crippen LogP contribution in [0.25, 0.3) is 0 Å². The molecule has 10 nitrogen and oxygen atoms in total. The van der Waals surface area contributed by atoms with Crippen molar-refractivity contribution in [2.75, 3.05) is 31.2 Å². The predicted octanol–water partition coefficient (Wildman–Crippen LogP) is 0.748. The van der Waals surface area contributed by atoms with Crippen LogP contribution < -0.4 is 10.6 Å². The van der Waals surface area contributed by atoms with Crippen molar-refractivity contribution < 1.29 is 23.1 Å². The molecular weight excluding hydrogens is 398 g/mol. The van der Waals surface area contributed by atoms with Gasteiger partial charge < -0.3 is 15.0 Å². The van der Waals surface area contributed by atoms with Crippen molar-refractivity contribution in [3.63, 3.8) is 0 Å². The van der Waals surface area contributed by atoms with Crippen LogP contribution in [0.1, 0.15) is 56.2 Å². The number of anilines is 1. The molecule has 1 saturated heterocycles. The Bertz CT molecular complexity index is 826. The van der Waals surface area contributed by atoms with Crippen molar-refractivity contribution in [3.05, 3.63) is 11.9 Å². The highest BCUT2D eigenvalue weighted by atomic mass is 32.2. The molecule has 0 radical (unpaired) electrons. The van der Waals surface area contributed by atoms with Crippen LogP contribution in [0.15, 0.2) is 6.20 Å². The lowest BCUT2D eigenvalue weighted by atomic mass is 9.84. The van der Waals surface area contributed by atoms with E-state index < -0.39 is 22.5 Å². The fourth-order valence-corrected chi connectivity index (χ4v) is 5.54. The number of piperidine rings is 1. The van der Waals surface area contributed by atoms with Crippen LogP contribution >= 0.6 is 0 Å². The zero-order valence-electron chi connectivity index (χ0n) is 16.6. The van der Waals surface area contributed by atoms with Gasteiger partial charge in [0, 0.05) is 24.2 Å². The summed E-state index contributed by atoms with van der Waals surface area (Å²) in [6.45, 7) is 1.34. The van der Waals surface area contributed by atoms with Gasteiger partial charge in [-0.15, -0.1) is 0 Å². The van der Waals surface area contributed by atoms with Crippen LogP contribution in [0, 0.1) is 0 Å². The van der Waals surface area contributed by atoms with E-state index in [1.165, 1.54) is 0 Å². The second kappa shape index (κ2) is 9.23. The molecule has 2 heterocycles. The largest absolute Gasteiger partial charge is 0.480 e. The number of carboxylic acid groups (broad SMARTS) is 1. The second-order valence-electron chi connectivity index (χ2n) is 7.85. The lowest BCUT2D eigenvalue weighted by Gasteiger charge is -2.34. The van der Waals surface area contributed by atoms with Crippen molar-refractivity contribution in [2.45, 2.75) is 56.5 Å². The number of sulfonamides is 1. The number of amides is 1. The van der Waals surface area contributed by atoms with Crippen LogP contribution in [0.3, 0.4) is 0 Å². The van der Waals surface area contributed by atoms with Gasteiger partial charge in [-0.1, -0.05) is 0 Å². The van der Waals surface area contributed by atoms with Crippen molar-refractivity contribution in [2.24, 2.45) is 0 Å². The maximum atomic E-state index is 12.0. The maximum Gasteiger partial charge on any atom is 0.318 e. The Morgan fingerprint density at radius 3 is 2.52 bits per heavy atom. The van der Waals surface area contributed by atoms with E-state index in [2.05, 4.69) is 15.6 Å². The van der Waals surface area contributed by atoms with Gasteiger partial charge >= 0.3 is 5.97 Å². The first-order chi connectivity index (χ1) is 13.8. The van der Waals surface area contributed by atoms with Crippen molar-refractivity contribution >= 4 is 28.4 Å². The molecule has 1 aliphatic heterocycles. The molecule has 0 atom stereocenters. The third-order valence-corrected chi connectivity index (χ3v) is 7.16. The van der Waals surface area contributed by atoms with E-state index in [9.17, 15) is 18.0 Å². The lowest BCUT2D eigenvalue weighted by Crippen LogP contribution is -2.44. The predicted molar refractivity (Wildman–Crippen MR) is 107 cm³/mol. The molecule has 1 aliphatic carbocycles. The Hall–Kier alpha value is -1.98. The normalized spacial score (nSPS) is 23.8. The summed E-state index contributed by atoms with van der Waals surface area (Å²) in [5.41, 5.74) is 0.899. The van der Waals surface area contributed by atoms with Gasteiger partial charge in [0.2, 0.25) is 22.4 Å². The maximum absolute atomic E-state index is 12.0. The molecule has 3 rings (SSSR count). The quantitative estimate of drug-likeness (QED) is 0.521. The molecule has 2 aliphatic rings. The molecule has 1 amide bonds. The van der Waals surface area contributed by atoms with Gasteiger partial charge in [0.1, 0.15) is 6.54 Å². The molecule has 0 aromatic carbocycles. The van der Waals surface area contributed by atoms with Gasteiger partial charge in [0.25, 0.3) is 0 Å². The number of carbonyl (C=O) groups excluding carboxylic acids is 1. The average Bonchev–Trinajstić information content (AvgIpc) is 3.10. The van der Waals surface area contributed by atoms with Gasteiger partial charge in [0.05, 0.1) is 11.9 Å². The van der Waals surface area contributed by atoms with Gasteiger partial charge in [-0.05, 0) is 51.6 Å². The van der Waals surface area contributed by atoms with Crippen LogP contribution in [0.2, 0.25) is 0 Å². The summed E-state index contributed by atoms with van der Waals surface area (Å²) in [4.78, 5) is 26.7.